The first-order chi connectivity index (χ1) is 15.4. The van der Waals surface area contributed by atoms with Crippen LogP contribution in [0.2, 0.25) is 10.0 Å². The highest BCUT2D eigenvalue weighted by Crippen LogP contribution is 2.51. The fraction of sp³-hybridized carbons (Fsp3) is 0.250. The van der Waals surface area contributed by atoms with Crippen molar-refractivity contribution < 1.29 is 13.9 Å². The minimum absolute atomic E-state index is 0.0533. The van der Waals surface area contributed by atoms with Gasteiger partial charge in [-0.25, -0.2) is 4.79 Å². The van der Waals surface area contributed by atoms with Crippen LogP contribution in [0, 0.1) is 19.8 Å². The van der Waals surface area contributed by atoms with E-state index in [1.165, 1.54) is 6.07 Å². The largest absolute Gasteiger partial charge is 0.493 e. The molecule has 0 aliphatic carbocycles. The third kappa shape index (κ3) is 2.79. The molecule has 32 heavy (non-hydrogen) atoms. The Labute approximate surface area is 193 Å². The minimum Gasteiger partial charge on any atom is -0.493 e. The number of nitrogens with zero attached hydrogens (tertiary/aromatic N) is 2. The molecule has 2 aliphatic heterocycles. The summed E-state index contributed by atoms with van der Waals surface area (Å²) in [7, 11) is 0. The van der Waals surface area contributed by atoms with Crippen LogP contribution in [-0.4, -0.2) is 23.0 Å². The summed E-state index contributed by atoms with van der Waals surface area (Å²) in [6.45, 7) is 4.79. The van der Waals surface area contributed by atoms with Gasteiger partial charge in [0.2, 0.25) is 5.88 Å². The quantitative estimate of drug-likeness (QED) is 0.348. The van der Waals surface area contributed by atoms with Crippen molar-refractivity contribution in [2.75, 3.05) is 13.2 Å². The smallest absolute Gasteiger partial charge is 0.336 e. The summed E-state index contributed by atoms with van der Waals surface area (Å²) in [6.07, 6.45) is 0. The van der Waals surface area contributed by atoms with E-state index >= 15 is 0 Å². The summed E-state index contributed by atoms with van der Waals surface area (Å²) < 4.78 is 19.7. The number of halogens is 2. The molecule has 2 aliphatic rings. The first kappa shape index (κ1) is 19.7. The van der Waals surface area contributed by atoms with Crippen LogP contribution in [0.25, 0.3) is 16.7 Å². The Bertz CT molecular complexity index is 1470. The molecule has 8 heteroatoms. The van der Waals surface area contributed by atoms with Crippen LogP contribution >= 0.6 is 23.2 Å². The van der Waals surface area contributed by atoms with E-state index < -0.39 is 0 Å². The van der Waals surface area contributed by atoms with Gasteiger partial charge in [-0.1, -0.05) is 23.2 Å². The van der Waals surface area contributed by atoms with Crippen molar-refractivity contribution in [1.29, 1.82) is 0 Å². The third-order valence-corrected chi connectivity index (χ3v) is 6.85. The lowest BCUT2D eigenvalue weighted by atomic mass is 9.77. The van der Waals surface area contributed by atoms with Gasteiger partial charge in [-0.05, 0) is 49.7 Å². The second kappa shape index (κ2) is 7.02. The van der Waals surface area contributed by atoms with E-state index in [1.807, 2.05) is 26.0 Å². The van der Waals surface area contributed by atoms with E-state index in [0.29, 0.717) is 46.2 Å². The minimum atomic E-state index is -0.379. The Morgan fingerprint density at radius 3 is 2.69 bits per heavy atom. The van der Waals surface area contributed by atoms with Crippen molar-refractivity contribution in [3.8, 4) is 17.3 Å². The maximum Gasteiger partial charge on any atom is 0.336 e. The van der Waals surface area contributed by atoms with Gasteiger partial charge in [0.15, 0.2) is 0 Å². The first-order valence-electron chi connectivity index (χ1n) is 10.3. The van der Waals surface area contributed by atoms with Crippen molar-refractivity contribution in [3.05, 3.63) is 79.2 Å². The van der Waals surface area contributed by atoms with Crippen molar-refractivity contribution >= 4 is 34.2 Å². The SMILES string of the molecule is Cc1nn(-c2cc(Cl)ccc2Cl)c2c1[C@H]1c3c(ccc4c(C)cc(=O)oc34)OC[C@H]1CO2. The van der Waals surface area contributed by atoms with Gasteiger partial charge in [0.05, 0.1) is 29.6 Å². The van der Waals surface area contributed by atoms with Crippen LogP contribution < -0.4 is 15.1 Å². The van der Waals surface area contributed by atoms with E-state index in [1.54, 1.807) is 22.9 Å². The molecule has 0 saturated carbocycles. The van der Waals surface area contributed by atoms with E-state index in [2.05, 4.69) is 0 Å². The molecule has 0 spiro atoms. The van der Waals surface area contributed by atoms with E-state index in [-0.39, 0.29) is 17.5 Å². The monoisotopic (exact) mass is 468 g/mol. The molecule has 4 heterocycles. The van der Waals surface area contributed by atoms with Crippen LogP contribution in [0.4, 0.5) is 0 Å². The highest BCUT2D eigenvalue weighted by molar-refractivity contribution is 6.34. The molecule has 6 nitrogen and oxygen atoms in total. The summed E-state index contributed by atoms with van der Waals surface area (Å²) in [5.41, 5.74) is 4.31. The Hall–Kier alpha value is -2.96. The molecular formula is C24H18Cl2N2O4. The highest BCUT2D eigenvalue weighted by atomic mass is 35.5. The summed E-state index contributed by atoms with van der Waals surface area (Å²) in [5, 5.41) is 6.72. The van der Waals surface area contributed by atoms with Gasteiger partial charge in [-0.15, -0.1) is 0 Å². The second-order valence-corrected chi connectivity index (χ2v) is 9.12. The molecular weight excluding hydrogens is 451 g/mol. The number of benzene rings is 2. The summed E-state index contributed by atoms with van der Waals surface area (Å²) >= 11 is 12.7. The van der Waals surface area contributed by atoms with Gasteiger partial charge < -0.3 is 13.9 Å². The van der Waals surface area contributed by atoms with Crippen LogP contribution in [-0.2, 0) is 0 Å². The van der Waals surface area contributed by atoms with Gasteiger partial charge in [0, 0.05) is 39.4 Å². The number of rotatable bonds is 1. The van der Waals surface area contributed by atoms with E-state index in [0.717, 1.165) is 27.8 Å². The average Bonchev–Trinajstić information content (AvgIpc) is 3.11. The molecule has 162 valence electrons. The predicted octanol–water partition coefficient (Wildman–Crippen LogP) is 5.44. The van der Waals surface area contributed by atoms with Gasteiger partial charge in [0.25, 0.3) is 0 Å². The van der Waals surface area contributed by atoms with Crippen LogP contribution in [0.5, 0.6) is 11.6 Å². The van der Waals surface area contributed by atoms with Crippen molar-refractivity contribution in [2.24, 2.45) is 5.92 Å². The van der Waals surface area contributed by atoms with Crippen molar-refractivity contribution in [2.45, 2.75) is 19.8 Å². The number of hydrogen-bond acceptors (Lipinski definition) is 5. The standard InChI is InChI=1S/C24H18Cl2N2O4/c1-11-7-19(29)32-23-15(11)4-6-18-22(23)21-13(9-30-18)10-31-24-20(21)12(2)27-28(24)17-8-14(25)3-5-16(17)26/h3-8,13,21H,9-10H2,1-2H3/t13-,21-/m0/s1. The number of fused-ring (bicyclic) bond motifs is 7. The van der Waals surface area contributed by atoms with Gasteiger partial charge >= 0.3 is 5.63 Å². The molecule has 0 saturated heterocycles. The fourth-order valence-corrected chi connectivity index (χ4v) is 5.24. The molecule has 6 rings (SSSR count). The third-order valence-electron chi connectivity index (χ3n) is 6.30. The molecule has 0 amide bonds. The maximum atomic E-state index is 12.2. The van der Waals surface area contributed by atoms with Crippen molar-refractivity contribution in [3.63, 3.8) is 0 Å². The average molecular weight is 469 g/mol. The highest BCUT2D eigenvalue weighted by Gasteiger charge is 2.43. The van der Waals surface area contributed by atoms with Gasteiger partial charge in [-0.3, -0.25) is 0 Å². The lowest BCUT2D eigenvalue weighted by Gasteiger charge is -2.37. The Kier molecular flexibility index (Phi) is 4.32. The number of hydrogen-bond donors (Lipinski definition) is 0. The molecule has 4 aromatic rings. The summed E-state index contributed by atoms with van der Waals surface area (Å²) in [5.74, 6) is 1.29. The normalized spacial score (nSPS) is 19.0. The molecule has 0 N–H and O–H groups in total. The second-order valence-electron chi connectivity index (χ2n) is 8.27. The summed E-state index contributed by atoms with van der Waals surface area (Å²) in [4.78, 5) is 12.2. The molecule has 2 aromatic heterocycles. The fourth-order valence-electron chi connectivity index (χ4n) is 4.87. The van der Waals surface area contributed by atoms with Crippen LogP contribution in [0.3, 0.4) is 0 Å². The molecule has 2 aromatic carbocycles. The zero-order valence-corrected chi connectivity index (χ0v) is 18.8. The van der Waals surface area contributed by atoms with Crippen molar-refractivity contribution in [1.82, 2.24) is 9.78 Å². The molecule has 0 bridgehead atoms. The zero-order chi connectivity index (χ0) is 22.1. The lowest BCUT2D eigenvalue weighted by Crippen LogP contribution is -2.35. The predicted molar refractivity (Wildman–Crippen MR) is 122 cm³/mol. The molecule has 0 radical (unpaired) electrons. The van der Waals surface area contributed by atoms with Crippen LogP contribution in [0.1, 0.15) is 28.3 Å². The molecule has 2 atom stereocenters. The zero-order valence-electron chi connectivity index (χ0n) is 17.3. The van der Waals surface area contributed by atoms with Gasteiger partial charge in [0.1, 0.15) is 11.3 Å². The van der Waals surface area contributed by atoms with E-state index in [9.17, 15) is 4.79 Å². The Morgan fingerprint density at radius 1 is 1.03 bits per heavy atom. The number of aromatic nitrogens is 2. The molecule has 0 unspecified atom stereocenters. The maximum absolute atomic E-state index is 12.2. The van der Waals surface area contributed by atoms with Gasteiger partial charge in [-0.2, -0.15) is 9.78 Å². The first-order valence-corrected chi connectivity index (χ1v) is 11.1. The summed E-state index contributed by atoms with van der Waals surface area (Å²) in [6, 6.07) is 10.6. The molecule has 0 fully saturated rings. The Balaban J connectivity index is 1.64. The van der Waals surface area contributed by atoms with E-state index in [4.69, 9.17) is 42.2 Å². The van der Waals surface area contributed by atoms with Crippen LogP contribution in [0.15, 0.2) is 45.6 Å². The number of ether oxygens (including phenoxy) is 2. The topological polar surface area (TPSA) is 66.5 Å². The number of aryl methyl sites for hydroxylation is 2. The lowest BCUT2D eigenvalue weighted by molar-refractivity contribution is 0.121. The Morgan fingerprint density at radius 2 is 1.84 bits per heavy atom.